The van der Waals surface area contributed by atoms with Crippen LogP contribution in [0.4, 0.5) is 0 Å². The van der Waals surface area contributed by atoms with Crippen molar-refractivity contribution in [2.75, 3.05) is 25.2 Å². The second-order valence-electron chi connectivity index (χ2n) is 2.75. The molecule has 0 aromatic rings. The Balaban J connectivity index is 2.39. The highest BCUT2D eigenvalue weighted by Crippen LogP contribution is 2.07. The Labute approximate surface area is 71.5 Å². The third-order valence-electron chi connectivity index (χ3n) is 1.82. The van der Waals surface area contributed by atoms with Gasteiger partial charge in [0.2, 0.25) is 5.91 Å². The molecule has 1 atom stereocenters. The lowest BCUT2D eigenvalue weighted by Crippen LogP contribution is -2.36. The number of nitrogens with one attached hydrogen (secondary N) is 1. The molecule has 1 aliphatic rings. The first-order valence-corrected chi connectivity index (χ1v) is 5.14. The number of thioether (sulfide) groups is 1. The van der Waals surface area contributed by atoms with Crippen molar-refractivity contribution in [1.82, 2.24) is 10.2 Å². The van der Waals surface area contributed by atoms with Gasteiger partial charge in [0.25, 0.3) is 0 Å². The van der Waals surface area contributed by atoms with Crippen LogP contribution in [0.25, 0.3) is 0 Å². The molecule has 1 fully saturated rings. The van der Waals surface area contributed by atoms with Gasteiger partial charge in [0.1, 0.15) is 0 Å². The molecule has 0 aliphatic carbocycles. The van der Waals surface area contributed by atoms with Crippen molar-refractivity contribution in [3.8, 4) is 0 Å². The maximum absolute atomic E-state index is 11.1. The minimum Gasteiger partial charge on any atom is -0.325 e. The van der Waals surface area contributed by atoms with Crippen LogP contribution in [0, 0.1) is 0 Å². The van der Waals surface area contributed by atoms with Crippen molar-refractivity contribution in [2.45, 2.75) is 13.0 Å². The molecule has 0 saturated carbocycles. The molecule has 0 spiro atoms. The molecule has 3 nitrogen and oxygen atoms in total. The highest BCUT2D eigenvalue weighted by atomic mass is 32.2. The van der Waals surface area contributed by atoms with Gasteiger partial charge >= 0.3 is 0 Å². The maximum atomic E-state index is 11.1. The second-order valence-corrected chi connectivity index (χ2v) is 3.66. The summed E-state index contributed by atoms with van der Waals surface area (Å²) in [5.74, 6) is 1.25. The molecule has 0 aromatic carbocycles. The summed E-state index contributed by atoms with van der Waals surface area (Å²) in [5.41, 5.74) is 0. The largest absolute Gasteiger partial charge is 0.325 e. The summed E-state index contributed by atoms with van der Waals surface area (Å²) in [6.07, 6.45) is 2.06. The van der Waals surface area contributed by atoms with Crippen molar-refractivity contribution in [1.29, 1.82) is 0 Å². The summed E-state index contributed by atoms with van der Waals surface area (Å²) in [6.45, 7) is 3.32. The van der Waals surface area contributed by atoms with Crippen LogP contribution < -0.4 is 5.32 Å². The van der Waals surface area contributed by atoms with Gasteiger partial charge in [-0.25, -0.2) is 0 Å². The molecule has 1 saturated heterocycles. The van der Waals surface area contributed by atoms with E-state index in [-0.39, 0.29) is 5.91 Å². The zero-order valence-corrected chi connectivity index (χ0v) is 7.78. The number of hydrogen-bond donors (Lipinski definition) is 1. The predicted octanol–water partition coefficient (Wildman–Crippen LogP) is 0.127. The number of amides is 1. The van der Waals surface area contributed by atoms with Crippen LogP contribution in [-0.4, -0.2) is 42.1 Å². The summed E-state index contributed by atoms with van der Waals surface area (Å²) < 4.78 is 0. The first kappa shape index (κ1) is 8.87. The minimum absolute atomic E-state index is 0.228. The van der Waals surface area contributed by atoms with E-state index in [1.54, 1.807) is 11.8 Å². The van der Waals surface area contributed by atoms with E-state index < -0.39 is 0 Å². The highest BCUT2D eigenvalue weighted by Gasteiger charge is 2.23. The molecule has 1 heterocycles. The molecule has 1 N–H and O–H groups in total. The average molecular weight is 174 g/mol. The van der Waals surface area contributed by atoms with Crippen LogP contribution in [-0.2, 0) is 4.79 Å². The molecule has 11 heavy (non-hydrogen) atoms. The zero-order valence-electron chi connectivity index (χ0n) is 6.96. The van der Waals surface area contributed by atoms with Crippen molar-refractivity contribution >= 4 is 17.7 Å². The maximum Gasteiger partial charge on any atom is 0.237 e. The molecular formula is C7H14N2OS. The third-order valence-corrected chi connectivity index (χ3v) is 2.63. The molecule has 1 aliphatic heterocycles. The lowest BCUT2D eigenvalue weighted by atomic mass is 10.3. The monoisotopic (exact) mass is 174 g/mol. The van der Waals surface area contributed by atoms with Crippen molar-refractivity contribution < 1.29 is 4.79 Å². The molecule has 0 radical (unpaired) electrons. The Morgan fingerprint density at radius 1 is 1.82 bits per heavy atom. The standard InChI is InChI=1S/C7H14N2OS/c1-6(4-11-2)9-5-8-3-7(9)10/h6,8H,3-5H2,1-2H3. The number of hydrogen-bond acceptors (Lipinski definition) is 3. The fourth-order valence-electron chi connectivity index (χ4n) is 1.21. The molecule has 0 bridgehead atoms. The van der Waals surface area contributed by atoms with Crippen LogP contribution in [0.2, 0.25) is 0 Å². The molecular weight excluding hydrogens is 160 g/mol. The van der Waals surface area contributed by atoms with Gasteiger partial charge in [0, 0.05) is 11.8 Å². The Hall–Kier alpha value is -0.220. The fourth-order valence-corrected chi connectivity index (χ4v) is 1.87. The van der Waals surface area contributed by atoms with Crippen LogP contribution >= 0.6 is 11.8 Å². The van der Waals surface area contributed by atoms with E-state index in [1.807, 2.05) is 4.90 Å². The lowest BCUT2D eigenvalue weighted by molar-refractivity contribution is -0.127. The first-order valence-electron chi connectivity index (χ1n) is 3.75. The molecule has 1 amide bonds. The van der Waals surface area contributed by atoms with Crippen molar-refractivity contribution in [3.63, 3.8) is 0 Å². The lowest BCUT2D eigenvalue weighted by Gasteiger charge is -2.22. The summed E-state index contributed by atoms with van der Waals surface area (Å²) in [7, 11) is 0. The number of carbonyl (C=O) groups excluding carboxylic acids is 1. The van der Waals surface area contributed by atoms with Crippen LogP contribution in [0.3, 0.4) is 0 Å². The van der Waals surface area contributed by atoms with Crippen LogP contribution in [0.15, 0.2) is 0 Å². The minimum atomic E-state index is 0.228. The third kappa shape index (κ3) is 2.10. The van der Waals surface area contributed by atoms with E-state index in [4.69, 9.17) is 0 Å². The van der Waals surface area contributed by atoms with Gasteiger partial charge in [0.05, 0.1) is 13.2 Å². The fraction of sp³-hybridized carbons (Fsp3) is 0.857. The van der Waals surface area contributed by atoms with Gasteiger partial charge in [-0.05, 0) is 13.2 Å². The van der Waals surface area contributed by atoms with Gasteiger partial charge in [-0.2, -0.15) is 11.8 Å². The smallest absolute Gasteiger partial charge is 0.237 e. The van der Waals surface area contributed by atoms with E-state index in [2.05, 4.69) is 18.5 Å². The molecule has 64 valence electrons. The molecule has 1 rings (SSSR count). The Bertz CT molecular complexity index is 151. The Kier molecular flexibility index (Phi) is 3.20. The summed E-state index contributed by atoms with van der Waals surface area (Å²) in [5, 5.41) is 3.03. The van der Waals surface area contributed by atoms with Crippen molar-refractivity contribution in [3.05, 3.63) is 0 Å². The quantitative estimate of drug-likeness (QED) is 0.660. The molecule has 1 unspecified atom stereocenters. The van der Waals surface area contributed by atoms with E-state index in [0.29, 0.717) is 12.6 Å². The molecule has 0 aromatic heterocycles. The number of carbonyl (C=O) groups is 1. The summed E-state index contributed by atoms with van der Waals surface area (Å²) in [6, 6.07) is 0.368. The van der Waals surface area contributed by atoms with Gasteiger partial charge in [-0.3, -0.25) is 10.1 Å². The first-order chi connectivity index (χ1) is 5.25. The van der Waals surface area contributed by atoms with Crippen LogP contribution in [0.5, 0.6) is 0 Å². The SMILES string of the molecule is CSCC(C)N1CNCC1=O. The highest BCUT2D eigenvalue weighted by molar-refractivity contribution is 7.98. The number of rotatable bonds is 3. The molecule has 4 heteroatoms. The summed E-state index contributed by atoms with van der Waals surface area (Å²) in [4.78, 5) is 13.0. The van der Waals surface area contributed by atoms with Crippen LogP contribution in [0.1, 0.15) is 6.92 Å². The van der Waals surface area contributed by atoms with E-state index >= 15 is 0 Å². The van der Waals surface area contributed by atoms with E-state index in [1.165, 1.54) is 0 Å². The van der Waals surface area contributed by atoms with Gasteiger partial charge in [0.15, 0.2) is 0 Å². The van der Waals surface area contributed by atoms with Gasteiger partial charge in [-0.1, -0.05) is 0 Å². The van der Waals surface area contributed by atoms with Gasteiger partial charge < -0.3 is 4.90 Å². The van der Waals surface area contributed by atoms with Crippen molar-refractivity contribution in [2.24, 2.45) is 0 Å². The van der Waals surface area contributed by atoms with Gasteiger partial charge in [-0.15, -0.1) is 0 Å². The zero-order chi connectivity index (χ0) is 8.27. The Morgan fingerprint density at radius 3 is 3.00 bits per heavy atom. The number of nitrogens with zero attached hydrogens (tertiary/aromatic N) is 1. The predicted molar refractivity (Wildman–Crippen MR) is 47.6 cm³/mol. The second kappa shape index (κ2) is 3.97. The van der Waals surface area contributed by atoms with E-state index in [9.17, 15) is 4.79 Å². The normalized spacial score (nSPS) is 20.9. The summed E-state index contributed by atoms with van der Waals surface area (Å²) >= 11 is 1.78. The Morgan fingerprint density at radius 2 is 2.55 bits per heavy atom. The van der Waals surface area contributed by atoms with E-state index in [0.717, 1.165) is 12.4 Å². The topological polar surface area (TPSA) is 32.3 Å². The average Bonchev–Trinajstić information content (AvgIpc) is 2.36.